The summed E-state index contributed by atoms with van der Waals surface area (Å²) in [6.45, 7) is 2.05. The Hall–Kier alpha value is -1.47. The molecule has 0 aliphatic carbocycles. The van der Waals surface area contributed by atoms with Crippen molar-refractivity contribution in [3.05, 3.63) is 39.9 Å². The molecule has 1 aromatic carbocycles. The van der Waals surface area contributed by atoms with Gasteiger partial charge in [-0.25, -0.2) is 8.42 Å². The molecule has 0 saturated carbocycles. The first kappa shape index (κ1) is 14.6. The van der Waals surface area contributed by atoms with Gasteiger partial charge in [0, 0.05) is 12.1 Å². The number of rotatable bonds is 6. The van der Waals surface area contributed by atoms with Crippen molar-refractivity contribution in [2.24, 2.45) is 11.7 Å². The van der Waals surface area contributed by atoms with Crippen LogP contribution in [0.2, 0.25) is 0 Å². The minimum absolute atomic E-state index is 0.00775. The molecule has 0 spiro atoms. The van der Waals surface area contributed by atoms with E-state index < -0.39 is 14.8 Å². The summed E-state index contributed by atoms with van der Waals surface area (Å²) in [5.74, 6) is -0.320. The quantitative estimate of drug-likeness (QED) is 0.617. The van der Waals surface area contributed by atoms with Crippen LogP contribution in [0.15, 0.2) is 24.3 Å². The Morgan fingerprint density at radius 1 is 1.44 bits per heavy atom. The van der Waals surface area contributed by atoms with Crippen LogP contribution in [0.1, 0.15) is 12.5 Å². The number of nitrogens with two attached hydrogens (primary N) is 1. The average Bonchev–Trinajstić information content (AvgIpc) is 2.27. The predicted octanol–water partition coefficient (Wildman–Crippen LogP) is 1.10. The van der Waals surface area contributed by atoms with Crippen LogP contribution in [-0.2, 0) is 15.6 Å². The van der Waals surface area contributed by atoms with Crippen LogP contribution in [0.5, 0.6) is 0 Å². The first-order chi connectivity index (χ1) is 8.34. The molecule has 18 heavy (non-hydrogen) atoms. The number of hydrogen-bond donors (Lipinski definition) is 1. The number of sulfone groups is 1. The summed E-state index contributed by atoms with van der Waals surface area (Å²) in [5.41, 5.74) is 5.70. The molecule has 0 aromatic heterocycles. The van der Waals surface area contributed by atoms with Crippen molar-refractivity contribution in [3.8, 4) is 0 Å². The SMILES string of the molecule is CC(CN)CS(=O)(=O)Cc1cccc([N+](=O)[O-])c1. The minimum Gasteiger partial charge on any atom is -0.330 e. The Labute approximate surface area is 106 Å². The van der Waals surface area contributed by atoms with Gasteiger partial charge in [0.1, 0.15) is 0 Å². The molecule has 0 fully saturated rings. The van der Waals surface area contributed by atoms with Gasteiger partial charge in [-0.05, 0) is 18.0 Å². The molecular weight excluding hydrogens is 256 g/mol. The highest BCUT2D eigenvalue weighted by atomic mass is 32.2. The number of hydrogen-bond acceptors (Lipinski definition) is 5. The maximum Gasteiger partial charge on any atom is 0.269 e. The molecule has 1 rings (SSSR count). The van der Waals surface area contributed by atoms with Gasteiger partial charge < -0.3 is 5.73 Å². The molecule has 6 nitrogen and oxygen atoms in total. The Bertz CT molecular complexity index is 528. The average molecular weight is 272 g/mol. The molecule has 7 heteroatoms. The second-order valence-electron chi connectivity index (χ2n) is 4.32. The zero-order chi connectivity index (χ0) is 13.8. The van der Waals surface area contributed by atoms with Gasteiger partial charge in [0.2, 0.25) is 0 Å². The minimum atomic E-state index is -3.29. The van der Waals surface area contributed by atoms with Crippen molar-refractivity contribution in [1.29, 1.82) is 0 Å². The van der Waals surface area contributed by atoms with Gasteiger partial charge in [-0.2, -0.15) is 0 Å². The van der Waals surface area contributed by atoms with E-state index in [1.807, 2.05) is 0 Å². The summed E-state index contributed by atoms with van der Waals surface area (Å²) >= 11 is 0. The third kappa shape index (κ3) is 4.42. The highest BCUT2D eigenvalue weighted by molar-refractivity contribution is 7.90. The maximum atomic E-state index is 11.8. The predicted molar refractivity (Wildman–Crippen MR) is 68.8 cm³/mol. The van der Waals surface area contributed by atoms with Crippen molar-refractivity contribution in [2.75, 3.05) is 12.3 Å². The Kier molecular flexibility index (Phi) is 4.80. The lowest BCUT2D eigenvalue weighted by molar-refractivity contribution is -0.384. The van der Waals surface area contributed by atoms with Crippen molar-refractivity contribution < 1.29 is 13.3 Å². The first-order valence-corrected chi connectivity index (χ1v) is 7.30. The van der Waals surface area contributed by atoms with E-state index in [-0.39, 0.29) is 23.1 Å². The zero-order valence-electron chi connectivity index (χ0n) is 10.1. The van der Waals surface area contributed by atoms with E-state index in [4.69, 9.17) is 5.73 Å². The molecule has 0 aliphatic heterocycles. The van der Waals surface area contributed by atoms with Crippen LogP contribution in [-0.4, -0.2) is 25.6 Å². The Morgan fingerprint density at radius 2 is 2.11 bits per heavy atom. The van der Waals surface area contributed by atoms with Crippen LogP contribution in [0.3, 0.4) is 0 Å². The summed E-state index contributed by atoms with van der Waals surface area (Å²) in [6.07, 6.45) is 0. The smallest absolute Gasteiger partial charge is 0.269 e. The van der Waals surface area contributed by atoms with Crippen LogP contribution < -0.4 is 5.73 Å². The van der Waals surface area contributed by atoms with Gasteiger partial charge >= 0.3 is 0 Å². The number of non-ortho nitro benzene ring substituents is 1. The van der Waals surface area contributed by atoms with Crippen LogP contribution in [0, 0.1) is 16.0 Å². The molecule has 1 aromatic rings. The summed E-state index contributed by atoms with van der Waals surface area (Å²) in [7, 11) is -3.29. The fourth-order valence-electron chi connectivity index (χ4n) is 1.57. The zero-order valence-corrected chi connectivity index (χ0v) is 10.9. The molecular formula is C11H16N2O4S. The molecule has 0 saturated heterocycles. The fourth-order valence-corrected chi connectivity index (χ4v) is 3.38. The third-order valence-corrected chi connectivity index (χ3v) is 4.30. The van der Waals surface area contributed by atoms with Crippen LogP contribution >= 0.6 is 0 Å². The van der Waals surface area contributed by atoms with Gasteiger partial charge in [-0.1, -0.05) is 19.1 Å². The van der Waals surface area contributed by atoms with E-state index in [1.54, 1.807) is 13.0 Å². The topological polar surface area (TPSA) is 103 Å². The van der Waals surface area contributed by atoms with Crippen molar-refractivity contribution in [3.63, 3.8) is 0 Å². The van der Waals surface area contributed by atoms with Gasteiger partial charge in [-0.15, -0.1) is 0 Å². The van der Waals surface area contributed by atoms with Crippen molar-refractivity contribution in [2.45, 2.75) is 12.7 Å². The standard InChI is InChI=1S/C11H16N2O4S/c1-9(6-12)7-18(16,17)8-10-3-2-4-11(5-10)13(14)15/h2-5,9H,6-8,12H2,1H3. The summed E-state index contributed by atoms with van der Waals surface area (Å²) in [5, 5.41) is 10.6. The lowest BCUT2D eigenvalue weighted by atomic mass is 10.2. The molecule has 1 unspecified atom stereocenters. The van der Waals surface area contributed by atoms with Gasteiger partial charge in [-0.3, -0.25) is 10.1 Å². The maximum absolute atomic E-state index is 11.8. The van der Waals surface area contributed by atoms with Crippen molar-refractivity contribution in [1.82, 2.24) is 0 Å². The van der Waals surface area contributed by atoms with E-state index in [9.17, 15) is 18.5 Å². The van der Waals surface area contributed by atoms with E-state index >= 15 is 0 Å². The van der Waals surface area contributed by atoms with E-state index in [1.165, 1.54) is 18.2 Å². The first-order valence-electron chi connectivity index (χ1n) is 5.48. The van der Waals surface area contributed by atoms with Crippen LogP contribution in [0.4, 0.5) is 5.69 Å². The molecule has 0 bridgehead atoms. The summed E-state index contributed by atoms with van der Waals surface area (Å²) < 4.78 is 23.7. The van der Waals surface area contributed by atoms with E-state index in [0.29, 0.717) is 12.1 Å². The second-order valence-corrected chi connectivity index (χ2v) is 6.43. The van der Waals surface area contributed by atoms with Gasteiger partial charge in [0.25, 0.3) is 5.69 Å². The van der Waals surface area contributed by atoms with E-state index in [2.05, 4.69) is 0 Å². The highest BCUT2D eigenvalue weighted by Gasteiger charge is 2.17. The van der Waals surface area contributed by atoms with E-state index in [0.717, 1.165) is 0 Å². The number of nitro benzene ring substituents is 1. The molecule has 2 N–H and O–H groups in total. The molecule has 0 radical (unpaired) electrons. The molecule has 1 atom stereocenters. The number of benzene rings is 1. The molecule has 0 aliphatic rings. The number of nitro groups is 1. The molecule has 0 heterocycles. The molecule has 100 valence electrons. The number of nitrogens with zero attached hydrogens (tertiary/aromatic N) is 1. The largest absolute Gasteiger partial charge is 0.330 e. The van der Waals surface area contributed by atoms with Gasteiger partial charge in [0.05, 0.1) is 16.4 Å². The van der Waals surface area contributed by atoms with Gasteiger partial charge in [0.15, 0.2) is 9.84 Å². The monoisotopic (exact) mass is 272 g/mol. The normalized spacial score (nSPS) is 13.2. The second kappa shape index (κ2) is 5.92. The Morgan fingerprint density at radius 3 is 2.67 bits per heavy atom. The van der Waals surface area contributed by atoms with Crippen LogP contribution in [0.25, 0.3) is 0 Å². The third-order valence-electron chi connectivity index (χ3n) is 2.45. The summed E-state index contributed by atoms with van der Waals surface area (Å²) in [6, 6.07) is 5.66. The van der Waals surface area contributed by atoms with Crippen molar-refractivity contribution >= 4 is 15.5 Å². The lowest BCUT2D eigenvalue weighted by Gasteiger charge is -2.09. The fraction of sp³-hybridized carbons (Fsp3) is 0.455. The highest BCUT2D eigenvalue weighted by Crippen LogP contribution is 2.16. The lowest BCUT2D eigenvalue weighted by Crippen LogP contribution is -2.22. The Balaban J connectivity index is 2.84. The molecule has 0 amide bonds. The summed E-state index contributed by atoms with van der Waals surface area (Å²) in [4.78, 5) is 10.0.